The highest BCUT2D eigenvalue weighted by atomic mass is 16.1. The Hall–Kier alpha value is -0.370. The van der Waals surface area contributed by atoms with Crippen molar-refractivity contribution in [3.63, 3.8) is 0 Å². The lowest BCUT2D eigenvalue weighted by Gasteiger charge is -1.97. The zero-order valence-corrected chi connectivity index (χ0v) is 7.39. The third kappa shape index (κ3) is 2.62. The number of ketones is 1. The molecule has 0 saturated heterocycles. The Labute approximate surface area is 68.4 Å². The van der Waals surface area contributed by atoms with Crippen LogP contribution in [0.2, 0.25) is 0 Å². The van der Waals surface area contributed by atoms with Crippen LogP contribution in [0.3, 0.4) is 0 Å². The molecule has 1 fully saturated rings. The molecule has 2 heteroatoms. The average molecular weight is 155 g/mol. The van der Waals surface area contributed by atoms with E-state index >= 15 is 0 Å². The highest BCUT2D eigenvalue weighted by molar-refractivity contribution is 5.80. The van der Waals surface area contributed by atoms with E-state index in [-0.39, 0.29) is 0 Å². The molecular weight excluding hydrogens is 138 g/mol. The van der Waals surface area contributed by atoms with Crippen molar-refractivity contribution in [1.82, 2.24) is 5.32 Å². The van der Waals surface area contributed by atoms with Crippen molar-refractivity contribution >= 4 is 5.78 Å². The highest BCUT2D eigenvalue weighted by Crippen LogP contribution is 2.43. The first-order chi connectivity index (χ1) is 5.27. The zero-order chi connectivity index (χ0) is 8.27. The van der Waals surface area contributed by atoms with Crippen molar-refractivity contribution in [3.05, 3.63) is 0 Å². The summed E-state index contributed by atoms with van der Waals surface area (Å²) in [4.78, 5) is 11.1. The van der Waals surface area contributed by atoms with E-state index in [2.05, 4.69) is 12.2 Å². The van der Waals surface area contributed by atoms with Gasteiger partial charge in [0.15, 0.2) is 0 Å². The number of rotatable bonds is 5. The maximum Gasteiger partial charge on any atom is 0.146 e. The van der Waals surface area contributed by atoms with Crippen molar-refractivity contribution < 1.29 is 4.79 Å². The second-order valence-electron chi connectivity index (χ2n) is 3.44. The number of carbonyl (C=O) groups is 1. The van der Waals surface area contributed by atoms with Gasteiger partial charge in [0.1, 0.15) is 5.78 Å². The van der Waals surface area contributed by atoms with Crippen LogP contribution in [0.25, 0.3) is 0 Å². The lowest BCUT2D eigenvalue weighted by atomic mass is 10.1. The molecule has 1 aliphatic rings. The first-order valence-electron chi connectivity index (χ1n) is 4.44. The molecule has 1 N–H and O–H groups in total. The van der Waals surface area contributed by atoms with Crippen molar-refractivity contribution in [2.24, 2.45) is 11.8 Å². The van der Waals surface area contributed by atoms with Crippen LogP contribution < -0.4 is 5.32 Å². The molecule has 1 aliphatic carbocycles. The van der Waals surface area contributed by atoms with Crippen LogP contribution in [0.1, 0.15) is 26.2 Å². The lowest BCUT2D eigenvalue weighted by Crippen LogP contribution is -2.18. The summed E-state index contributed by atoms with van der Waals surface area (Å²) >= 11 is 0. The molecule has 2 unspecified atom stereocenters. The van der Waals surface area contributed by atoms with Gasteiger partial charge in [0, 0.05) is 6.42 Å². The van der Waals surface area contributed by atoms with Crippen LogP contribution in [-0.2, 0) is 4.79 Å². The van der Waals surface area contributed by atoms with Crippen LogP contribution in [0, 0.1) is 11.8 Å². The Morgan fingerprint density at radius 1 is 1.55 bits per heavy atom. The maximum absolute atomic E-state index is 11.1. The second kappa shape index (κ2) is 3.86. The SMILES string of the molecule is CCC1CC1CC(=O)CNC. The number of hydrogen-bond acceptors (Lipinski definition) is 2. The number of carbonyl (C=O) groups excluding carboxylic acids is 1. The smallest absolute Gasteiger partial charge is 0.146 e. The number of nitrogens with one attached hydrogen (secondary N) is 1. The fourth-order valence-corrected chi connectivity index (χ4v) is 1.62. The summed E-state index contributed by atoms with van der Waals surface area (Å²) in [7, 11) is 1.82. The van der Waals surface area contributed by atoms with E-state index in [1.54, 1.807) is 0 Å². The van der Waals surface area contributed by atoms with Crippen LogP contribution in [0.15, 0.2) is 0 Å². The predicted molar refractivity (Wildman–Crippen MR) is 45.4 cm³/mol. The van der Waals surface area contributed by atoms with Crippen molar-refractivity contribution in [2.75, 3.05) is 13.6 Å². The van der Waals surface area contributed by atoms with Gasteiger partial charge in [-0.05, 0) is 25.3 Å². The average Bonchev–Trinajstić information content (AvgIpc) is 2.68. The molecule has 2 atom stereocenters. The third-order valence-corrected chi connectivity index (χ3v) is 2.46. The standard InChI is InChI=1S/C9H17NO/c1-3-7-4-8(7)5-9(11)6-10-2/h7-8,10H,3-6H2,1-2H3. The molecule has 0 aromatic rings. The maximum atomic E-state index is 11.1. The lowest BCUT2D eigenvalue weighted by molar-refractivity contribution is -0.118. The second-order valence-corrected chi connectivity index (χ2v) is 3.44. The van der Waals surface area contributed by atoms with Gasteiger partial charge in [-0.3, -0.25) is 4.79 Å². The van der Waals surface area contributed by atoms with E-state index in [1.807, 2.05) is 7.05 Å². The van der Waals surface area contributed by atoms with E-state index in [4.69, 9.17) is 0 Å². The van der Waals surface area contributed by atoms with E-state index < -0.39 is 0 Å². The minimum Gasteiger partial charge on any atom is -0.313 e. The van der Waals surface area contributed by atoms with E-state index in [9.17, 15) is 4.79 Å². The fraction of sp³-hybridized carbons (Fsp3) is 0.889. The summed E-state index contributed by atoms with van der Waals surface area (Å²) in [6.07, 6.45) is 3.34. The van der Waals surface area contributed by atoms with Crippen molar-refractivity contribution in [1.29, 1.82) is 0 Å². The Morgan fingerprint density at radius 3 is 2.73 bits per heavy atom. The summed E-state index contributed by atoms with van der Waals surface area (Å²) in [5.74, 6) is 1.95. The first kappa shape index (κ1) is 8.72. The predicted octanol–water partition coefficient (Wildman–Crippen LogP) is 1.21. The number of Topliss-reactive ketones (excluding diaryl/α,β-unsaturated/α-hetero) is 1. The Bertz CT molecular complexity index is 144. The Balaban J connectivity index is 2.08. The summed E-state index contributed by atoms with van der Waals surface area (Å²) in [6.45, 7) is 2.75. The van der Waals surface area contributed by atoms with Gasteiger partial charge in [-0.2, -0.15) is 0 Å². The molecule has 1 saturated carbocycles. The fourth-order valence-electron chi connectivity index (χ4n) is 1.62. The Morgan fingerprint density at radius 2 is 2.27 bits per heavy atom. The number of likely N-dealkylation sites (N-methyl/N-ethyl adjacent to an activating group) is 1. The van der Waals surface area contributed by atoms with Gasteiger partial charge in [0.25, 0.3) is 0 Å². The largest absolute Gasteiger partial charge is 0.313 e. The molecule has 0 aliphatic heterocycles. The molecule has 11 heavy (non-hydrogen) atoms. The van der Waals surface area contributed by atoms with Gasteiger partial charge in [-0.1, -0.05) is 13.3 Å². The topological polar surface area (TPSA) is 29.1 Å². The van der Waals surface area contributed by atoms with Gasteiger partial charge >= 0.3 is 0 Å². The Kier molecular flexibility index (Phi) is 3.06. The van der Waals surface area contributed by atoms with Crippen molar-refractivity contribution in [2.45, 2.75) is 26.2 Å². The zero-order valence-electron chi connectivity index (χ0n) is 7.39. The summed E-state index contributed by atoms with van der Waals surface area (Å²) in [5, 5.41) is 2.88. The van der Waals surface area contributed by atoms with Gasteiger partial charge in [-0.25, -0.2) is 0 Å². The van der Waals surface area contributed by atoms with E-state index in [0.717, 1.165) is 18.3 Å². The number of hydrogen-bond donors (Lipinski definition) is 1. The summed E-state index contributed by atoms with van der Waals surface area (Å²) in [5.41, 5.74) is 0. The van der Waals surface area contributed by atoms with Gasteiger partial charge < -0.3 is 5.32 Å². The molecule has 0 aromatic heterocycles. The van der Waals surface area contributed by atoms with Gasteiger partial charge in [0.05, 0.1) is 6.54 Å². The van der Waals surface area contributed by atoms with Crippen LogP contribution in [-0.4, -0.2) is 19.4 Å². The van der Waals surface area contributed by atoms with E-state index in [0.29, 0.717) is 12.3 Å². The molecule has 0 amide bonds. The van der Waals surface area contributed by atoms with E-state index in [1.165, 1.54) is 12.8 Å². The minimum absolute atomic E-state index is 0.369. The van der Waals surface area contributed by atoms with Crippen LogP contribution >= 0.6 is 0 Å². The first-order valence-corrected chi connectivity index (χ1v) is 4.44. The monoisotopic (exact) mass is 155 g/mol. The molecule has 1 rings (SSSR count). The quantitative estimate of drug-likeness (QED) is 0.646. The molecular formula is C9H17NO. The van der Waals surface area contributed by atoms with Gasteiger partial charge in [0.2, 0.25) is 0 Å². The highest BCUT2D eigenvalue weighted by Gasteiger charge is 2.36. The molecule has 0 radical (unpaired) electrons. The van der Waals surface area contributed by atoms with Crippen molar-refractivity contribution in [3.8, 4) is 0 Å². The third-order valence-electron chi connectivity index (χ3n) is 2.46. The van der Waals surface area contributed by atoms with Crippen LogP contribution in [0.5, 0.6) is 0 Å². The molecule has 0 heterocycles. The summed E-state index contributed by atoms with van der Waals surface area (Å²) in [6, 6.07) is 0. The molecule has 0 aromatic carbocycles. The normalized spacial score (nSPS) is 28.5. The summed E-state index contributed by atoms with van der Waals surface area (Å²) < 4.78 is 0. The molecule has 64 valence electrons. The van der Waals surface area contributed by atoms with Crippen LogP contribution in [0.4, 0.5) is 0 Å². The molecule has 0 bridgehead atoms. The minimum atomic E-state index is 0.369. The molecule has 2 nitrogen and oxygen atoms in total. The molecule has 0 spiro atoms. The van der Waals surface area contributed by atoms with Gasteiger partial charge in [-0.15, -0.1) is 0 Å².